The van der Waals surface area contributed by atoms with E-state index < -0.39 is 0 Å². The first-order valence-electron chi connectivity index (χ1n) is 7.00. The van der Waals surface area contributed by atoms with E-state index in [9.17, 15) is 4.79 Å². The fourth-order valence-corrected chi connectivity index (χ4v) is 2.11. The van der Waals surface area contributed by atoms with Crippen molar-refractivity contribution in [1.29, 1.82) is 0 Å². The van der Waals surface area contributed by atoms with Gasteiger partial charge in [-0.1, -0.05) is 44.9 Å². The first-order valence-corrected chi connectivity index (χ1v) is 7.00. The number of hydrogen-bond donors (Lipinski definition) is 0. The lowest BCUT2D eigenvalue weighted by molar-refractivity contribution is 0.00288. The highest BCUT2D eigenvalue weighted by Crippen LogP contribution is 2.14. The smallest absolute Gasteiger partial charge is 0.338 e. The van der Waals surface area contributed by atoms with Gasteiger partial charge in [0.1, 0.15) is 6.10 Å². The number of carbonyl (C=O) groups excluding carboxylic acids is 1. The number of esters is 1. The van der Waals surface area contributed by atoms with Gasteiger partial charge in [0.15, 0.2) is 0 Å². The standard InChI is InChI=1S/C16H24O3/c1-4-8-13-10-6-7-11-15(13)16(17)19-14(9-5-2)12-18-3/h6-7,10-11,14H,4-5,8-9,12H2,1-3H3. The second-order valence-corrected chi connectivity index (χ2v) is 4.68. The summed E-state index contributed by atoms with van der Waals surface area (Å²) in [5.41, 5.74) is 1.74. The molecule has 0 amide bonds. The summed E-state index contributed by atoms with van der Waals surface area (Å²) in [6, 6.07) is 7.66. The van der Waals surface area contributed by atoms with Gasteiger partial charge in [0, 0.05) is 7.11 Å². The molecule has 0 saturated carbocycles. The zero-order valence-electron chi connectivity index (χ0n) is 12.1. The number of aryl methyl sites for hydroxylation is 1. The first kappa shape index (κ1) is 15.7. The summed E-state index contributed by atoms with van der Waals surface area (Å²) in [5, 5.41) is 0. The van der Waals surface area contributed by atoms with Crippen LogP contribution in [0.2, 0.25) is 0 Å². The lowest BCUT2D eigenvalue weighted by Crippen LogP contribution is -2.23. The van der Waals surface area contributed by atoms with Crippen LogP contribution < -0.4 is 0 Å². The van der Waals surface area contributed by atoms with E-state index >= 15 is 0 Å². The summed E-state index contributed by atoms with van der Waals surface area (Å²) >= 11 is 0. The Labute approximate surface area is 115 Å². The predicted octanol–water partition coefficient (Wildman–Crippen LogP) is 3.61. The van der Waals surface area contributed by atoms with E-state index in [1.807, 2.05) is 24.3 Å². The van der Waals surface area contributed by atoms with Gasteiger partial charge in [0.05, 0.1) is 12.2 Å². The van der Waals surface area contributed by atoms with Gasteiger partial charge in [-0.3, -0.25) is 0 Å². The van der Waals surface area contributed by atoms with Gasteiger partial charge >= 0.3 is 5.97 Å². The molecule has 1 unspecified atom stereocenters. The van der Waals surface area contributed by atoms with Crippen molar-refractivity contribution in [1.82, 2.24) is 0 Å². The number of rotatable bonds is 8. The maximum atomic E-state index is 12.2. The topological polar surface area (TPSA) is 35.5 Å². The average Bonchev–Trinajstić information content (AvgIpc) is 2.40. The number of benzene rings is 1. The molecule has 0 aliphatic rings. The SMILES string of the molecule is CCCc1ccccc1C(=O)OC(CCC)COC. The Bertz CT molecular complexity index is 381. The maximum Gasteiger partial charge on any atom is 0.338 e. The Hall–Kier alpha value is -1.35. The van der Waals surface area contributed by atoms with Gasteiger partial charge in [-0.15, -0.1) is 0 Å². The van der Waals surface area contributed by atoms with E-state index in [2.05, 4.69) is 13.8 Å². The monoisotopic (exact) mass is 264 g/mol. The van der Waals surface area contributed by atoms with Crippen LogP contribution in [0.4, 0.5) is 0 Å². The van der Waals surface area contributed by atoms with Crippen molar-refractivity contribution in [2.75, 3.05) is 13.7 Å². The summed E-state index contributed by atoms with van der Waals surface area (Å²) < 4.78 is 10.6. The van der Waals surface area contributed by atoms with Crippen molar-refractivity contribution in [3.8, 4) is 0 Å². The largest absolute Gasteiger partial charge is 0.456 e. The normalized spacial score (nSPS) is 12.2. The van der Waals surface area contributed by atoms with Crippen LogP contribution in [0.3, 0.4) is 0 Å². The van der Waals surface area contributed by atoms with Gasteiger partial charge in [-0.25, -0.2) is 4.79 Å². The van der Waals surface area contributed by atoms with Gasteiger partial charge in [-0.2, -0.15) is 0 Å². The molecule has 0 spiro atoms. The van der Waals surface area contributed by atoms with Crippen LogP contribution in [0.5, 0.6) is 0 Å². The van der Waals surface area contributed by atoms with Crippen molar-refractivity contribution in [3.63, 3.8) is 0 Å². The molecule has 0 heterocycles. The molecule has 1 rings (SSSR count). The van der Waals surface area contributed by atoms with Crippen molar-refractivity contribution in [2.45, 2.75) is 45.6 Å². The summed E-state index contributed by atoms with van der Waals surface area (Å²) in [7, 11) is 1.63. The molecule has 1 atom stereocenters. The fraction of sp³-hybridized carbons (Fsp3) is 0.562. The van der Waals surface area contributed by atoms with Gasteiger partial charge in [0.25, 0.3) is 0 Å². The van der Waals surface area contributed by atoms with E-state index in [-0.39, 0.29) is 12.1 Å². The molecular formula is C16H24O3. The molecule has 0 aromatic heterocycles. The molecule has 19 heavy (non-hydrogen) atoms. The van der Waals surface area contributed by atoms with Crippen molar-refractivity contribution in [2.24, 2.45) is 0 Å². The molecule has 0 fully saturated rings. The predicted molar refractivity (Wildman–Crippen MR) is 76.4 cm³/mol. The molecule has 0 aliphatic heterocycles. The highest BCUT2D eigenvalue weighted by molar-refractivity contribution is 5.91. The Morgan fingerprint density at radius 2 is 1.95 bits per heavy atom. The minimum Gasteiger partial charge on any atom is -0.456 e. The summed E-state index contributed by atoms with van der Waals surface area (Å²) in [6.45, 7) is 4.63. The Kier molecular flexibility index (Phi) is 7.19. The van der Waals surface area contributed by atoms with E-state index in [1.165, 1.54) is 0 Å². The van der Waals surface area contributed by atoms with Gasteiger partial charge in [0.2, 0.25) is 0 Å². The first-order chi connectivity index (χ1) is 9.22. The molecule has 1 aromatic carbocycles. The van der Waals surface area contributed by atoms with Crippen LogP contribution in [0, 0.1) is 0 Å². The van der Waals surface area contributed by atoms with Crippen molar-refractivity contribution < 1.29 is 14.3 Å². The van der Waals surface area contributed by atoms with E-state index in [0.717, 1.165) is 31.2 Å². The van der Waals surface area contributed by atoms with Crippen LogP contribution in [0.1, 0.15) is 49.0 Å². The van der Waals surface area contributed by atoms with Crippen molar-refractivity contribution in [3.05, 3.63) is 35.4 Å². The third-order valence-corrected chi connectivity index (χ3v) is 2.99. The summed E-state index contributed by atoms with van der Waals surface area (Å²) in [6.07, 6.45) is 3.56. The number of methoxy groups -OCH3 is 1. The molecule has 0 radical (unpaired) electrons. The molecule has 0 bridgehead atoms. The van der Waals surface area contributed by atoms with Crippen LogP contribution in [-0.4, -0.2) is 25.8 Å². The highest BCUT2D eigenvalue weighted by atomic mass is 16.6. The van der Waals surface area contributed by atoms with E-state index in [1.54, 1.807) is 7.11 Å². The minimum atomic E-state index is -0.237. The van der Waals surface area contributed by atoms with Gasteiger partial charge < -0.3 is 9.47 Å². The molecular weight excluding hydrogens is 240 g/mol. The van der Waals surface area contributed by atoms with Crippen LogP contribution >= 0.6 is 0 Å². The highest BCUT2D eigenvalue weighted by Gasteiger charge is 2.17. The van der Waals surface area contributed by atoms with Crippen LogP contribution in [0.25, 0.3) is 0 Å². The molecule has 106 valence electrons. The number of carbonyl (C=O) groups is 1. The second-order valence-electron chi connectivity index (χ2n) is 4.68. The molecule has 1 aromatic rings. The summed E-state index contributed by atoms with van der Waals surface area (Å²) in [5.74, 6) is -0.237. The van der Waals surface area contributed by atoms with Crippen molar-refractivity contribution >= 4 is 5.97 Å². The Morgan fingerprint density at radius 1 is 1.21 bits per heavy atom. The molecule has 3 heteroatoms. The Balaban J connectivity index is 2.75. The number of hydrogen-bond acceptors (Lipinski definition) is 3. The van der Waals surface area contributed by atoms with Gasteiger partial charge in [-0.05, 0) is 24.5 Å². The zero-order valence-corrected chi connectivity index (χ0v) is 12.1. The molecule has 0 N–H and O–H groups in total. The third kappa shape index (κ3) is 5.03. The second kappa shape index (κ2) is 8.70. The fourth-order valence-electron chi connectivity index (χ4n) is 2.11. The van der Waals surface area contributed by atoms with E-state index in [4.69, 9.17) is 9.47 Å². The lowest BCUT2D eigenvalue weighted by atomic mass is 10.0. The maximum absolute atomic E-state index is 12.2. The molecule has 3 nitrogen and oxygen atoms in total. The van der Waals surface area contributed by atoms with Crippen LogP contribution in [-0.2, 0) is 15.9 Å². The third-order valence-electron chi connectivity index (χ3n) is 2.99. The van der Waals surface area contributed by atoms with E-state index in [0.29, 0.717) is 12.2 Å². The summed E-state index contributed by atoms with van der Waals surface area (Å²) in [4.78, 5) is 12.2. The Morgan fingerprint density at radius 3 is 2.58 bits per heavy atom. The quantitative estimate of drug-likeness (QED) is 0.673. The average molecular weight is 264 g/mol. The van der Waals surface area contributed by atoms with Crippen LogP contribution in [0.15, 0.2) is 24.3 Å². The number of ether oxygens (including phenoxy) is 2. The zero-order chi connectivity index (χ0) is 14.1. The minimum absolute atomic E-state index is 0.155. The molecule has 0 saturated heterocycles. The lowest BCUT2D eigenvalue weighted by Gasteiger charge is -2.17. The molecule has 0 aliphatic carbocycles.